The maximum atomic E-state index is 13.9. The minimum absolute atomic E-state index is 0.0249. The number of para-hydroxylation sites is 1. The van der Waals surface area contributed by atoms with Crippen LogP contribution in [-0.2, 0) is 12.8 Å². The Balaban J connectivity index is 2.20. The van der Waals surface area contributed by atoms with Crippen LogP contribution in [0.15, 0.2) is 41.2 Å². The molecular weight excluding hydrogens is 303 g/mol. The number of hydrogen-bond donors (Lipinski definition) is 1. The normalized spacial score (nSPS) is 11.1. The van der Waals surface area contributed by atoms with E-state index in [1.54, 1.807) is 0 Å². The summed E-state index contributed by atoms with van der Waals surface area (Å²) < 4.78 is 40.8. The molecule has 2 nitrogen and oxygen atoms in total. The monoisotopic (exact) mass is 317 g/mol. The third-order valence-corrected chi connectivity index (χ3v) is 3.91. The maximum Gasteiger partial charge on any atom is 0.193 e. The lowest BCUT2D eigenvalue weighted by Crippen LogP contribution is -2.16. The first kappa shape index (κ1) is 15.3. The fourth-order valence-electron chi connectivity index (χ4n) is 2.71. The number of aryl methyl sites for hydroxylation is 1. The number of hydrogen-bond acceptors (Lipinski definition) is 1. The zero-order chi connectivity index (χ0) is 16.6. The van der Waals surface area contributed by atoms with E-state index in [0.717, 1.165) is 12.1 Å². The molecule has 0 spiro atoms. The van der Waals surface area contributed by atoms with Gasteiger partial charge in [0.25, 0.3) is 0 Å². The largest absolute Gasteiger partial charge is 0.356 e. The fourth-order valence-corrected chi connectivity index (χ4v) is 2.71. The van der Waals surface area contributed by atoms with E-state index in [4.69, 9.17) is 0 Å². The molecule has 1 heterocycles. The van der Waals surface area contributed by atoms with E-state index in [1.807, 2.05) is 6.92 Å². The summed E-state index contributed by atoms with van der Waals surface area (Å²) in [5, 5.41) is 0.222. The molecule has 0 atom stereocenters. The Bertz CT molecular complexity index is 947. The van der Waals surface area contributed by atoms with Crippen LogP contribution >= 0.6 is 0 Å². The number of pyridine rings is 1. The van der Waals surface area contributed by atoms with Crippen LogP contribution in [0.4, 0.5) is 13.2 Å². The van der Waals surface area contributed by atoms with Crippen LogP contribution in [0.3, 0.4) is 0 Å². The first-order valence-electron chi connectivity index (χ1n) is 7.27. The van der Waals surface area contributed by atoms with Crippen molar-refractivity contribution in [1.29, 1.82) is 0 Å². The van der Waals surface area contributed by atoms with Crippen LogP contribution in [0.1, 0.15) is 23.7 Å². The van der Waals surface area contributed by atoms with Crippen molar-refractivity contribution in [2.75, 3.05) is 0 Å². The number of aromatic nitrogens is 1. The van der Waals surface area contributed by atoms with Crippen molar-refractivity contribution < 1.29 is 13.2 Å². The summed E-state index contributed by atoms with van der Waals surface area (Å²) in [6.45, 7) is 1.82. The SMILES string of the molecule is CCc1[nH]c2c(F)cccc2c(=O)c1Cc1ccc(F)cc1F. The molecule has 0 fully saturated rings. The number of aromatic amines is 1. The van der Waals surface area contributed by atoms with Gasteiger partial charge in [-0.05, 0) is 30.2 Å². The van der Waals surface area contributed by atoms with Crippen LogP contribution in [0.5, 0.6) is 0 Å². The van der Waals surface area contributed by atoms with Gasteiger partial charge in [0.1, 0.15) is 17.5 Å². The molecule has 0 saturated heterocycles. The van der Waals surface area contributed by atoms with Gasteiger partial charge in [-0.1, -0.05) is 19.1 Å². The van der Waals surface area contributed by atoms with Gasteiger partial charge in [0.15, 0.2) is 5.43 Å². The smallest absolute Gasteiger partial charge is 0.193 e. The van der Waals surface area contributed by atoms with Crippen molar-refractivity contribution in [1.82, 2.24) is 4.98 Å². The fraction of sp³-hybridized carbons (Fsp3) is 0.167. The third kappa shape index (κ3) is 2.74. The molecule has 0 aliphatic carbocycles. The second-order valence-corrected chi connectivity index (χ2v) is 5.34. The molecule has 0 aliphatic rings. The topological polar surface area (TPSA) is 32.9 Å². The summed E-state index contributed by atoms with van der Waals surface area (Å²) in [6, 6.07) is 7.52. The third-order valence-electron chi connectivity index (χ3n) is 3.91. The number of H-pyrrole nitrogens is 1. The minimum atomic E-state index is -0.703. The van der Waals surface area contributed by atoms with Gasteiger partial charge in [0.05, 0.1) is 5.52 Å². The van der Waals surface area contributed by atoms with Gasteiger partial charge in [0, 0.05) is 29.1 Å². The number of fused-ring (bicyclic) bond motifs is 1. The Hall–Kier alpha value is -2.56. The van der Waals surface area contributed by atoms with Crippen molar-refractivity contribution >= 4 is 10.9 Å². The lowest BCUT2D eigenvalue weighted by molar-refractivity contribution is 0.574. The molecule has 3 aromatic rings. The molecule has 0 radical (unpaired) electrons. The van der Waals surface area contributed by atoms with Crippen LogP contribution < -0.4 is 5.43 Å². The first-order chi connectivity index (χ1) is 11.0. The van der Waals surface area contributed by atoms with E-state index in [0.29, 0.717) is 17.7 Å². The Labute approximate surface area is 130 Å². The van der Waals surface area contributed by atoms with Crippen molar-refractivity contribution in [3.05, 3.63) is 80.9 Å². The molecule has 5 heteroatoms. The molecule has 0 unspecified atom stereocenters. The minimum Gasteiger partial charge on any atom is -0.356 e. The van der Waals surface area contributed by atoms with Gasteiger partial charge in [-0.15, -0.1) is 0 Å². The van der Waals surface area contributed by atoms with Crippen molar-refractivity contribution in [2.45, 2.75) is 19.8 Å². The maximum absolute atomic E-state index is 13.9. The Morgan fingerprint density at radius 1 is 1.04 bits per heavy atom. The van der Waals surface area contributed by atoms with Crippen LogP contribution in [0, 0.1) is 17.5 Å². The van der Waals surface area contributed by atoms with Gasteiger partial charge >= 0.3 is 0 Å². The second kappa shape index (κ2) is 5.91. The standard InChI is InChI=1S/C18H14F3NO/c1-2-16-13(8-10-6-7-11(19)9-15(10)21)18(23)12-4-3-5-14(20)17(12)22-16/h3-7,9H,2,8H2,1H3,(H,22,23). The molecule has 3 rings (SSSR count). The molecule has 0 saturated carbocycles. The highest BCUT2D eigenvalue weighted by atomic mass is 19.1. The van der Waals surface area contributed by atoms with Crippen molar-refractivity contribution in [2.24, 2.45) is 0 Å². The van der Waals surface area contributed by atoms with E-state index in [9.17, 15) is 18.0 Å². The summed E-state index contributed by atoms with van der Waals surface area (Å²) in [5.41, 5.74) is 0.964. The molecule has 118 valence electrons. The summed E-state index contributed by atoms with van der Waals surface area (Å²) in [6.07, 6.45) is 0.495. The second-order valence-electron chi connectivity index (χ2n) is 5.34. The predicted octanol–water partition coefficient (Wildman–Crippen LogP) is 4.10. The van der Waals surface area contributed by atoms with Gasteiger partial charge in [-0.25, -0.2) is 13.2 Å². The summed E-state index contributed by atoms with van der Waals surface area (Å²) >= 11 is 0. The molecule has 23 heavy (non-hydrogen) atoms. The molecule has 0 bridgehead atoms. The average Bonchev–Trinajstić information content (AvgIpc) is 2.52. The zero-order valence-electron chi connectivity index (χ0n) is 12.4. The summed E-state index contributed by atoms with van der Waals surface area (Å²) in [5.74, 6) is -1.88. The molecule has 0 amide bonds. The molecule has 1 aromatic heterocycles. The van der Waals surface area contributed by atoms with Crippen LogP contribution in [0.25, 0.3) is 10.9 Å². The van der Waals surface area contributed by atoms with Gasteiger partial charge < -0.3 is 4.98 Å². The molecule has 1 N–H and O–H groups in total. The highest BCUT2D eigenvalue weighted by Gasteiger charge is 2.15. The molecule has 0 aliphatic heterocycles. The first-order valence-corrected chi connectivity index (χ1v) is 7.27. The van der Waals surface area contributed by atoms with Crippen LogP contribution in [0.2, 0.25) is 0 Å². The Morgan fingerprint density at radius 2 is 1.83 bits per heavy atom. The van der Waals surface area contributed by atoms with E-state index >= 15 is 0 Å². The van der Waals surface area contributed by atoms with E-state index in [1.165, 1.54) is 24.3 Å². The Kier molecular flexibility index (Phi) is 3.94. The molecular formula is C18H14F3NO. The summed E-state index contributed by atoms with van der Waals surface area (Å²) in [7, 11) is 0. The number of rotatable bonds is 3. The predicted molar refractivity (Wildman–Crippen MR) is 83.1 cm³/mol. The average molecular weight is 317 g/mol. The quantitative estimate of drug-likeness (QED) is 0.775. The zero-order valence-corrected chi connectivity index (χ0v) is 12.4. The number of nitrogens with one attached hydrogen (secondary N) is 1. The van der Waals surface area contributed by atoms with Crippen molar-refractivity contribution in [3.8, 4) is 0 Å². The lowest BCUT2D eigenvalue weighted by Gasteiger charge is -2.11. The lowest BCUT2D eigenvalue weighted by atomic mass is 9.99. The van der Waals surface area contributed by atoms with Gasteiger partial charge in [-0.2, -0.15) is 0 Å². The number of benzene rings is 2. The van der Waals surface area contributed by atoms with Crippen molar-refractivity contribution in [3.63, 3.8) is 0 Å². The number of halogens is 3. The van der Waals surface area contributed by atoms with Gasteiger partial charge in [-0.3, -0.25) is 4.79 Å². The Morgan fingerprint density at radius 3 is 2.52 bits per heavy atom. The highest BCUT2D eigenvalue weighted by Crippen LogP contribution is 2.19. The van der Waals surface area contributed by atoms with E-state index in [2.05, 4.69) is 4.98 Å². The highest BCUT2D eigenvalue weighted by molar-refractivity contribution is 5.80. The molecule has 2 aromatic carbocycles. The van der Waals surface area contributed by atoms with Gasteiger partial charge in [0.2, 0.25) is 0 Å². The van der Waals surface area contributed by atoms with E-state index < -0.39 is 17.5 Å². The van der Waals surface area contributed by atoms with Crippen LogP contribution in [-0.4, -0.2) is 4.98 Å². The van der Waals surface area contributed by atoms with E-state index in [-0.39, 0.29) is 28.3 Å². The summed E-state index contributed by atoms with van der Waals surface area (Å²) in [4.78, 5) is 15.6.